The third kappa shape index (κ3) is 4.33. The molecule has 0 aliphatic rings. The summed E-state index contributed by atoms with van der Waals surface area (Å²) < 4.78 is 7.09. The van der Waals surface area contributed by atoms with Gasteiger partial charge in [0, 0.05) is 29.9 Å². The van der Waals surface area contributed by atoms with E-state index in [-0.39, 0.29) is 12.1 Å². The van der Waals surface area contributed by atoms with Crippen molar-refractivity contribution in [2.45, 2.75) is 51.9 Å². The van der Waals surface area contributed by atoms with Gasteiger partial charge in [-0.05, 0) is 45.4 Å². The van der Waals surface area contributed by atoms with Gasteiger partial charge in [-0.25, -0.2) is 0 Å². The number of hydrogen-bond acceptors (Lipinski definition) is 4. The highest BCUT2D eigenvalue weighted by Gasteiger charge is 2.19. The zero-order valence-electron chi connectivity index (χ0n) is 14.5. The molecule has 5 heteroatoms. The van der Waals surface area contributed by atoms with Crippen LogP contribution in [0.3, 0.4) is 0 Å². The maximum absolute atomic E-state index is 10.5. The molecular formula is C18H27N3O2. The van der Waals surface area contributed by atoms with Crippen LogP contribution in [0.15, 0.2) is 36.7 Å². The third-order valence-corrected chi connectivity index (χ3v) is 4.09. The standard InChI is InChI=1S/C18H27N3O2/c1-12(2)21-11-16(10-19-21)13(3)20-14(4)18(22)15-6-8-17(23-5)9-7-15/h6-14,18,20,22H,1-5H3. The van der Waals surface area contributed by atoms with Crippen LogP contribution in [0.5, 0.6) is 5.75 Å². The van der Waals surface area contributed by atoms with E-state index in [1.807, 2.05) is 42.1 Å². The van der Waals surface area contributed by atoms with Gasteiger partial charge in [0.25, 0.3) is 0 Å². The molecule has 2 aromatic rings. The smallest absolute Gasteiger partial charge is 0.118 e. The lowest BCUT2D eigenvalue weighted by Crippen LogP contribution is -2.34. The molecule has 0 aliphatic carbocycles. The third-order valence-electron chi connectivity index (χ3n) is 4.09. The Balaban J connectivity index is 1.99. The van der Waals surface area contributed by atoms with Crippen molar-refractivity contribution in [3.63, 3.8) is 0 Å². The molecule has 0 aliphatic heterocycles. The Labute approximate surface area is 138 Å². The van der Waals surface area contributed by atoms with Crippen molar-refractivity contribution in [3.05, 3.63) is 47.8 Å². The molecule has 5 nitrogen and oxygen atoms in total. The van der Waals surface area contributed by atoms with E-state index in [1.165, 1.54) is 0 Å². The zero-order chi connectivity index (χ0) is 17.0. The summed E-state index contributed by atoms with van der Waals surface area (Å²) in [5.74, 6) is 0.788. The molecule has 1 aromatic carbocycles. The molecular weight excluding hydrogens is 290 g/mol. The summed E-state index contributed by atoms with van der Waals surface area (Å²) >= 11 is 0. The van der Waals surface area contributed by atoms with Crippen LogP contribution in [0.1, 0.15) is 57.0 Å². The predicted octanol–water partition coefficient (Wildman–Crippen LogP) is 3.25. The van der Waals surface area contributed by atoms with Gasteiger partial charge in [0.05, 0.1) is 19.4 Å². The Morgan fingerprint density at radius 3 is 2.26 bits per heavy atom. The predicted molar refractivity (Wildman–Crippen MR) is 91.6 cm³/mol. The first-order valence-corrected chi connectivity index (χ1v) is 8.04. The second kappa shape index (κ2) is 7.62. The fourth-order valence-corrected chi connectivity index (χ4v) is 2.53. The van der Waals surface area contributed by atoms with E-state index in [2.05, 4.69) is 37.4 Å². The first kappa shape index (κ1) is 17.5. The number of methoxy groups -OCH3 is 1. The van der Waals surface area contributed by atoms with Gasteiger partial charge < -0.3 is 15.2 Å². The van der Waals surface area contributed by atoms with Crippen molar-refractivity contribution in [2.75, 3.05) is 7.11 Å². The van der Waals surface area contributed by atoms with Crippen molar-refractivity contribution < 1.29 is 9.84 Å². The Kier molecular flexibility index (Phi) is 5.80. The van der Waals surface area contributed by atoms with Crippen LogP contribution in [0.25, 0.3) is 0 Å². The number of aliphatic hydroxyl groups is 1. The average molecular weight is 317 g/mol. The number of nitrogens with one attached hydrogen (secondary N) is 1. The van der Waals surface area contributed by atoms with E-state index in [1.54, 1.807) is 7.11 Å². The molecule has 0 fully saturated rings. The summed E-state index contributed by atoms with van der Waals surface area (Å²) in [6, 6.07) is 7.89. The highest BCUT2D eigenvalue weighted by molar-refractivity contribution is 5.29. The van der Waals surface area contributed by atoms with Crippen molar-refractivity contribution >= 4 is 0 Å². The van der Waals surface area contributed by atoms with Crippen LogP contribution in [-0.4, -0.2) is 28.0 Å². The molecule has 126 valence electrons. The number of ether oxygens (including phenoxy) is 1. The SMILES string of the molecule is COc1ccc(C(O)C(C)NC(C)c2cnn(C(C)C)c2)cc1. The molecule has 0 saturated heterocycles. The largest absolute Gasteiger partial charge is 0.497 e. The minimum Gasteiger partial charge on any atom is -0.497 e. The molecule has 2 N–H and O–H groups in total. The topological polar surface area (TPSA) is 59.3 Å². The molecule has 1 aromatic heterocycles. The monoisotopic (exact) mass is 317 g/mol. The summed E-state index contributed by atoms with van der Waals surface area (Å²) in [6.45, 7) is 8.27. The van der Waals surface area contributed by atoms with Gasteiger partial charge in [0.2, 0.25) is 0 Å². The lowest BCUT2D eigenvalue weighted by Gasteiger charge is -2.24. The van der Waals surface area contributed by atoms with E-state index in [0.29, 0.717) is 6.04 Å². The Morgan fingerprint density at radius 1 is 1.09 bits per heavy atom. The molecule has 1 heterocycles. The van der Waals surface area contributed by atoms with E-state index in [9.17, 15) is 5.11 Å². The van der Waals surface area contributed by atoms with Gasteiger partial charge >= 0.3 is 0 Å². The first-order chi connectivity index (χ1) is 10.9. The summed E-state index contributed by atoms with van der Waals surface area (Å²) in [5, 5.41) is 18.3. The fourth-order valence-electron chi connectivity index (χ4n) is 2.53. The molecule has 0 bridgehead atoms. The van der Waals surface area contributed by atoms with Crippen LogP contribution >= 0.6 is 0 Å². The number of nitrogens with zero attached hydrogens (tertiary/aromatic N) is 2. The van der Waals surface area contributed by atoms with E-state index >= 15 is 0 Å². The molecule has 0 amide bonds. The van der Waals surface area contributed by atoms with E-state index in [0.717, 1.165) is 16.9 Å². The maximum atomic E-state index is 10.5. The second-order valence-corrected chi connectivity index (χ2v) is 6.24. The van der Waals surface area contributed by atoms with Crippen molar-refractivity contribution in [1.29, 1.82) is 0 Å². The first-order valence-electron chi connectivity index (χ1n) is 8.04. The normalized spacial score (nSPS) is 15.4. The molecule has 23 heavy (non-hydrogen) atoms. The van der Waals surface area contributed by atoms with Gasteiger partial charge in [-0.1, -0.05) is 12.1 Å². The van der Waals surface area contributed by atoms with Gasteiger partial charge in [0.1, 0.15) is 5.75 Å². The van der Waals surface area contributed by atoms with Gasteiger partial charge in [0.15, 0.2) is 0 Å². The lowest BCUT2D eigenvalue weighted by molar-refractivity contribution is 0.130. The number of aliphatic hydroxyl groups excluding tert-OH is 1. The number of aromatic nitrogens is 2. The van der Waals surface area contributed by atoms with Gasteiger partial charge in [-0.3, -0.25) is 4.68 Å². The Hall–Kier alpha value is -1.85. The summed E-state index contributed by atoms with van der Waals surface area (Å²) in [5.41, 5.74) is 1.99. The quantitative estimate of drug-likeness (QED) is 0.823. The molecule has 3 atom stereocenters. The van der Waals surface area contributed by atoms with Crippen LogP contribution in [0, 0.1) is 0 Å². The highest BCUT2D eigenvalue weighted by atomic mass is 16.5. The van der Waals surface area contributed by atoms with E-state index < -0.39 is 6.10 Å². The number of rotatable bonds is 7. The molecule has 0 saturated carbocycles. The average Bonchev–Trinajstić information content (AvgIpc) is 3.04. The zero-order valence-corrected chi connectivity index (χ0v) is 14.5. The van der Waals surface area contributed by atoms with Crippen LogP contribution in [-0.2, 0) is 0 Å². The van der Waals surface area contributed by atoms with E-state index in [4.69, 9.17) is 4.74 Å². The summed E-state index contributed by atoms with van der Waals surface area (Å²) in [7, 11) is 1.63. The number of benzene rings is 1. The van der Waals surface area contributed by atoms with Crippen molar-refractivity contribution in [3.8, 4) is 5.75 Å². The lowest BCUT2D eigenvalue weighted by atomic mass is 10.0. The Bertz CT molecular complexity index is 607. The Morgan fingerprint density at radius 2 is 1.74 bits per heavy atom. The number of hydrogen-bond donors (Lipinski definition) is 2. The van der Waals surface area contributed by atoms with Crippen molar-refractivity contribution in [1.82, 2.24) is 15.1 Å². The molecule has 0 spiro atoms. The van der Waals surface area contributed by atoms with Crippen LogP contribution < -0.4 is 10.1 Å². The minimum absolute atomic E-state index is 0.0826. The van der Waals surface area contributed by atoms with Gasteiger partial charge in [-0.15, -0.1) is 0 Å². The van der Waals surface area contributed by atoms with Crippen LogP contribution in [0.4, 0.5) is 0 Å². The fraction of sp³-hybridized carbons (Fsp3) is 0.500. The summed E-state index contributed by atoms with van der Waals surface area (Å²) in [6.07, 6.45) is 3.35. The molecule has 0 radical (unpaired) electrons. The maximum Gasteiger partial charge on any atom is 0.118 e. The van der Waals surface area contributed by atoms with Crippen LogP contribution in [0.2, 0.25) is 0 Å². The van der Waals surface area contributed by atoms with Crippen molar-refractivity contribution in [2.24, 2.45) is 0 Å². The minimum atomic E-state index is -0.580. The highest BCUT2D eigenvalue weighted by Crippen LogP contribution is 2.22. The summed E-state index contributed by atoms with van der Waals surface area (Å²) in [4.78, 5) is 0. The molecule has 3 unspecified atom stereocenters. The van der Waals surface area contributed by atoms with Gasteiger partial charge in [-0.2, -0.15) is 5.10 Å². The molecule has 2 rings (SSSR count). The second-order valence-electron chi connectivity index (χ2n) is 6.24.